The van der Waals surface area contributed by atoms with E-state index in [4.69, 9.17) is 16.7 Å². The van der Waals surface area contributed by atoms with Gasteiger partial charge in [-0.2, -0.15) is 0 Å². The second-order valence-corrected chi connectivity index (χ2v) is 3.93. The molecule has 1 rings (SSSR count). The Morgan fingerprint density at radius 3 is 2.56 bits per heavy atom. The van der Waals surface area contributed by atoms with Gasteiger partial charge in [0.25, 0.3) is 0 Å². The normalized spacial score (nSPS) is 11.9. The molecule has 0 aliphatic heterocycles. The highest BCUT2D eigenvalue weighted by atomic mass is 35.5. The molecule has 2 N–H and O–H groups in total. The standard InChI is InChI=1S/C12H11ClO5/c13-5-10(15)4-7-1-2-8(3-9(7)6-14)11(16)12(17)18/h1-3,6,11,16H,4-5H2,(H,17,18). The van der Waals surface area contributed by atoms with Crippen molar-refractivity contribution in [2.24, 2.45) is 0 Å². The minimum absolute atomic E-state index is 0.00101. The Kier molecular flexibility index (Phi) is 5.00. The third-order valence-corrected chi connectivity index (χ3v) is 2.68. The smallest absolute Gasteiger partial charge is 0.337 e. The van der Waals surface area contributed by atoms with Crippen LogP contribution in [0.15, 0.2) is 18.2 Å². The fraction of sp³-hybridized carbons (Fsp3) is 0.250. The highest BCUT2D eigenvalue weighted by Gasteiger charge is 2.17. The Balaban J connectivity index is 3.07. The van der Waals surface area contributed by atoms with Crippen LogP contribution >= 0.6 is 11.6 Å². The molecule has 0 radical (unpaired) electrons. The van der Waals surface area contributed by atoms with Gasteiger partial charge in [-0.1, -0.05) is 12.1 Å². The molecule has 1 aromatic carbocycles. The van der Waals surface area contributed by atoms with Gasteiger partial charge >= 0.3 is 5.97 Å². The van der Waals surface area contributed by atoms with Gasteiger partial charge in [-0.25, -0.2) is 4.79 Å². The summed E-state index contributed by atoms with van der Waals surface area (Å²) in [5, 5.41) is 18.0. The van der Waals surface area contributed by atoms with E-state index < -0.39 is 12.1 Å². The summed E-state index contributed by atoms with van der Waals surface area (Å²) in [6.07, 6.45) is -1.18. The SMILES string of the molecule is O=Cc1cc(C(O)C(=O)O)ccc1CC(=O)CCl. The Morgan fingerprint density at radius 2 is 2.06 bits per heavy atom. The second-order valence-electron chi connectivity index (χ2n) is 3.67. The Hall–Kier alpha value is -1.72. The molecule has 1 atom stereocenters. The number of alkyl halides is 1. The zero-order chi connectivity index (χ0) is 13.7. The van der Waals surface area contributed by atoms with Crippen LogP contribution < -0.4 is 0 Å². The fourth-order valence-electron chi connectivity index (χ4n) is 1.46. The first-order valence-electron chi connectivity index (χ1n) is 5.06. The first kappa shape index (κ1) is 14.3. The largest absolute Gasteiger partial charge is 0.479 e. The number of rotatable bonds is 6. The average Bonchev–Trinajstić information content (AvgIpc) is 2.37. The Morgan fingerprint density at radius 1 is 1.39 bits per heavy atom. The molecule has 0 spiro atoms. The van der Waals surface area contributed by atoms with Gasteiger partial charge in [0.15, 0.2) is 11.9 Å². The number of halogens is 1. The summed E-state index contributed by atoms with van der Waals surface area (Å²) in [5.41, 5.74) is 0.718. The highest BCUT2D eigenvalue weighted by molar-refractivity contribution is 6.27. The molecule has 1 aromatic rings. The molecule has 0 fully saturated rings. The van der Waals surface area contributed by atoms with Gasteiger partial charge in [0.1, 0.15) is 6.29 Å². The molecule has 6 heteroatoms. The number of carbonyl (C=O) groups excluding carboxylic acids is 2. The summed E-state index contributed by atoms with van der Waals surface area (Å²) in [6, 6.07) is 4.06. The van der Waals surface area contributed by atoms with Crippen LogP contribution in [-0.4, -0.2) is 34.1 Å². The van der Waals surface area contributed by atoms with Gasteiger partial charge in [-0.05, 0) is 17.2 Å². The van der Waals surface area contributed by atoms with E-state index in [-0.39, 0.29) is 29.2 Å². The lowest BCUT2D eigenvalue weighted by Gasteiger charge is -2.09. The van der Waals surface area contributed by atoms with E-state index in [9.17, 15) is 19.5 Å². The van der Waals surface area contributed by atoms with Gasteiger partial charge < -0.3 is 10.2 Å². The lowest BCUT2D eigenvalue weighted by molar-refractivity contribution is -0.147. The third-order valence-electron chi connectivity index (χ3n) is 2.38. The van der Waals surface area contributed by atoms with Crippen molar-refractivity contribution in [2.45, 2.75) is 12.5 Å². The van der Waals surface area contributed by atoms with E-state index in [0.29, 0.717) is 11.8 Å². The van der Waals surface area contributed by atoms with Crippen molar-refractivity contribution in [3.63, 3.8) is 0 Å². The molecule has 0 amide bonds. The number of benzene rings is 1. The minimum Gasteiger partial charge on any atom is -0.479 e. The average molecular weight is 271 g/mol. The monoisotopic (exact) mass is 270 g/mol. The lowest BCUT2D eigenvalue weighted by Crippen LogP contribution is -2.12. The number of ketones is 1. The Labute approximate surface area is 108 Å². The van der Waals surface area contributed by atoms with Crippen LogP contribution in [0, 0.1) is 0 Å². The number of carboxylic acid groups (broad SMARTS) is 1. The summed E-state index contributed by atoms with van der Waals surface area (Å²) in [5.74, 6) is -1.81. The van der Waals surface area contributed by atoms with Crippen LogP contribution in [0.1, 0.15) is 27.6 Å². The molecule has 96 valence electrons. The van der Waals surface area contributed by atoms with E-state index in [1.165, 1.54) is 18.2 Å². The van der Waals surface area contributed by atoms with Crippen molar-refractivity contribution in [3.8, 4) is 0 Å². The number of aliphatic hydroxyl groups is 1. The molecule has 5 nitrogen and oxygen atoms in total. The van der Waals surface area contributed by atoms with Gasteiger partial charge in [-0.15, -0.1) is 11.6 Å². The van der Waals surface area contributed by atoms with Crippen LogP contribution in [0.2, 0.25) is 0 Å². The quantitative estimate of drug-likeness (QED) is 0.593. The number of Topliss-reactive ketones (excluding diaryl/α,β-unsaturated/α-hetero) is 1. The van der Waals surface area contributed by atoms with E-state index in [1.807, 2.05) is 0 Å². The second kappa shape index (κ2) is 6.28. The van der Waals surface area contributed by atoms with Crippen molar-refractivity contribution in [3.05, 3.63) is 34.9 Å². The maximum absolute atomic E-state index is 11.2. The molecule has 0 saturated carbocycles. The molecule has 0 heterocycles. The van der Waals surface area contributed by atoms with Crippen LogP contribution in [0.4, 0.5) is 0 Å². The molecule has 0 aliphatic rings. The van der Waals surface area contributed by atoms with Crippen molar-refractivity contribution in [2.75, 3.05) is 5.88 Å². The van der Waals surface area contributed by atoms with E-state index >= 15 is 0 Å². The lowest BCUT2D eigenvalue weighted by atomic mass is 9.98. The highest BCUT2D eigenvalue weighted by Crippen LogP contribution is 2.18. The molecular weight excluding hydrogens is 260 g/mol. The molecule has 1 unspecified atom stereocenters. The molecule has 0 aromatic heterocycles. The number of aliphatic carboxylic acids is 1. The Bertz CT molecular complexity index is 483. The van der Waals surface area contributed by atoms with Crippen molar-refractivity contribution in [1.29, 1.82) is 0 Å². The zero-order valence-corrected chi connectivity index (χ0v) is 10.1. The van der Waals surface area contributed by atoms with Gasteiger partial charge in [0.05, 0.1) is 5.88 Å². The maximum Gasteiger partial charge on any atom is 0.337 e. The van der Waals surface area contributed by atoms with Gasteiger partial charge in [0.2, 0.25) is 0 Å². The summed E-state index contributed by atoms with van der Waals surface area (Å²) in [4.78, 5) is 32.7. The van der Waals surface area contributed by atoms with Crippen molar-refractivity contribution >= 4 is 29.6 Å². The van der Waals surface area contributed by atoms with Crippen molar-refractivity contribution < 1.29 is 24.6 Å². The topological polar surface area (TPSA) is 91.7 Å². The predicted molar refractivity (Wildman–Crippen MR) is 63.9 cm³/mol. The van der Waals surface area contributed by atoms with Crippen LogP contribution in [0.25, 0.3) is 0 Å². The number of carboxylic acids is 1. The minimum atomic E-state index is -1.69. The van der Waals surface area contributed by atoms with E-state index in [2.05, 4.69) is 0 Å². The summed E-state index contributed by atoms with van der Waals surface area (Å²) < 4.78 is 0. The first-order chi connectivity index (χ1) is 8.49. The van der Waals surface area contributed by atoms with E-state index in [1.54, 1.807) is 0 Å². The third kappa shape index (κ3) is 3.38. The molecule has 0 saturated heterocycles. The number of hydrogen-bond acceptors (Lipinski definition) is 4. The number of hydrogen-bond donors (Lipinski definition) is 2. The van der Waals surface area contributed by atoms with Gasteiger partial charge in [-0.3, -0.25) is 9.59 Å². The fourth-order valence-corrected chi connectivity index (χ4v) is 1.55. The van der Waals surface area contributed by atoms with Crippen LogP contribution in [0.3, 0.4) is 0 Å². The maximum atomic E-state index is 11.2. The molecule has 18 heavy (non-hydrogen) atoms. The predicted octanol–water partition coefficient (Wildman–Crippen LogP) is 0.968. The summed E-state index contributed by atoms with van der Waals surface area (Å²) >= 11 is 5.37. The zero-order valence-electron chi connectivity index (χ0n) is 9.30. The van der Waals surface area contributed by atoms with Crippen LogP contribution in [0.5, 0.6) is 0 Å². The molecule has 0 aliphatic carbocycles. The first-order valence-corrected chi connectivity index (χ1v) is 5.59. The molecule has 0 bridgehead atoms. The number of carbonyl (C=O) groups is 3. The van der Waals surface area contributed by atoms with Crippen LogP contribution in [-0.2, 0) is 16.0 Å². The summed E-state index contributed by atoms with van der Waals surface area (Å²) in [7, 11) is 0. The molecular formula is C12H11ClO5. The van der Waals surface area contributed by atoms with E-state index in [0.717, 1.165) is 0 Å². The number of aliphatic hydroxyl groups excluding tert-OH is 1. The number of aldehydes is 1. The van der Waals surface area contributed by atoms with Crippen molar-refractivity contribution in [1.82, 2.24) is 0 Å². The van der Waals surface area contributed by atoms with Gasteiger partial charge in [0, 0.05) is 12.0 Å². The summed E-state index contributed by atoms with van der Waals surface area (Å²) in [6.45, 7) is 0.